The van der Waals surface area contributed by atoms with Gasteiger partial charge in [-0.05, 0) is 26.2 Å². The van der Waals surface area contributed by atoms with Crippen molar-refractivity contribution in [3.8, 4) is 0 Å². The second-order valence-corrected chi connectivity index (χ2v) is 4.40. The van der Waals surface area contributed by atoms with Crippen molar-refractivity contribution in [1.82, 2.24) is 5.32 Å². The highest BCUT2D eigenvalue weighted by Gasteiger charge is 2.39. The Kier molecular flexibility index (Phi) is 3.93. The van der Waals surface area contributed by atoms with Gasteiger partial charge in [-0.15, -0.1) is 0 Å². The summed E-state index contributed by atoms with van der Waals surface area (Å²) in [6, 6.07) is -0.119. The molecule has 1 rings (SSSR count). The Balaban J connectivity index is 2.56. The first kappa shape index (κ1) is 11.5. The SMILES string of the molecule is CCC1(C(=O)NC(C)CO)CCCC1. The van der Waals surface area contributed by atoms with Crippen LogP contribution >= 0.6 is 0 Å². The Morgan fingerprint density at radius 1 is 1.50 bits per heavy atom. The Hall–Kier alpha value is -0.570. The van der Waals surface area contributed by atoms with Gasteiger partial charge in [-0.25, -0.2) is 0 Å². The molecule has 0 aliphatic heterocycles. The van der Waals surface area contributed by atoms with E-state index < -0.39 is 0 Å². The molecule has 82 valence electrons. The van der Waals surface area contributed by atoms with E-state index in [2.05, 4.69) is 12.2 Å². The van der Waals surface area contributed by atoms with Gasteiger partial charge in [0.2, 0.25) is 5.91 Å². The monoisotopic (exact) mass is 199 g/mol. The molecule has 1 fully saturated rings. The first-order valence-corrected chi connectivity index (χ1v) is 5.56. The number of carbonyl (C=O) groups is 1. The van der Waals surface area contributed by atoms with E-state index in [4.69, 9.17) is 5.11 Å². The average Bonchev–Trinajstić information content (AvgIpc) is 2.67. The zero-order chi connectivity index (χ0) is 10.6. The molecular weight excluding hydrogens is 178 g/mol. The molecule has 14 heavy (non-hydrogen) atoms. The molecule has 1 aliphatic rings. The molecule has 0 radical (unpaired) electrons. The Morgan fingerprint density at radius 2 is 2.07 bits per heavy atom. The van der Waals surface area contributed by atoms with Gasteiger partial charge in [0.15, 0.2) is 0 Å². The minimum atomic E-state index is -0.135. The van der Waals surface area contributed by atoms with E-state index in [1.165, 1.54) is 0 Å². The van der Waals surface area contributed by atoms with Gasteiger partial charge in [-0.1, -0.05) is 19.8 Å². The van der Waals surface area contributed by atoms with Crippen LogP contribution in [0.2, 0.25) is 0 Å². The highest BCUT2D eigenvalue weighted by atomic mass is 16.3. The van der Waals surface area contributed by atoms with Crippen LogP contribution in [0.3, 0.4) is 0 Å². The summed E-state index contributed by atoms with van der Waals surface area (Å²) in [5.74, 6) is 0.138. The number of nitrogens with one attached hydrogen (secondary N) is 1. The zero-order valence-electron chi connectivity index (χ0n) is 9.18. The second-order valence-electron chi connectivity index (χ2n) is 4.40. The average molecular weight is 199 g/mol. The van der Waals surface area contributed by atoms with Gasteiger partial charge in [0.25, 0.3) is 0 Å². The van der Waals surface area contributed by atoms with Gasteiger partial charge in [0, 0.05) is 11.5 Å². The molecule has 1 amide bonds. The maximum absolute atomic E-state index is 11.9. The lowest BCUT2D eigenvalue weighted by atomic mass is 9.82. The number of hydrogen-bond donors (Lipinski definition) is 2. The molecule has 1 saturated carbocycles. The summed E-state index contributed by atoms with van der Waals surface area (Å²) < 4.78 is 0. The highest BCUT2D eigenvalue weighted by molar-refractivity contribution is 5.83. The van der Waals surface area contributed by atoms with Crippen LogP contribution in [-0.4, -0.2) is 23.7 Å². The maximum Gasteiger partial charge on any atom is 0.226 e. The van der Waals surface area contributed by atoms with Gasteiger partial charge in [-0.3, -0.25) is 4.79 Å². The van der Waals surface area contributed by atoms with Crippen molar-refractivity contribution in [2.24, 2.45) is 5.41 Å². The third-order valence-corrected chi connectivity index (χ3v) is 3.37. The van der Waals surface area contributed by atoms with E-state index in [1.54, 1.807) is 0 Å². The molecule has 1 unspecified atom stereocenters. The summed E-state index contributed by atoms with van der Waals surface area (Å²) in [7, 11) is 0. The van der Waals surface area contributed by atoms with Crippen LogP contribution in [0.25, 0.3) is 0 Å². The molecule has 3 heteroatoms. The smallest absolute Gasteiger partial charge is 0.226 e. The van der Waals surface area contributed by atoms with E-state index in [0.29, 0.717) is 0 Å². The van der Waals surface area contributed by atoms with Crippen molar-refractivity contribution in [2.75, 3.05) is 6.61 Å². The minimum Gasteiger partial charge on any atom is -0.394 e. The van der Waals surface area contributed by atoms with E-state index in [1.807, 2.05) is 6.92 Å². The molecule has 0 aromatic rings. The summed E-state index contributed by atoms with van der Waals surface area (Å²) in [4.78, 5) is 11.9. The van der Waals surface area contributed by atoms with Crippen LogP contribution < -0.4 is 5.32 Å². The number of carbonyl (C=O) groups excluding carboxylic acids is 1. The number of amides is 1. The van der Waals surface area contributed by atoms with E-state index in [-0.39, 0.29) is 24.0 Å². The third-order valence-electron chi connectivity index (χ3n) is 3.37. The molecule has 0 spiro atoms. The summed E-state index contributed by atoms with van der Waals surface area (Å²) in [5.41, 5.74) is -0.135. The highest BCUT2D eigenvalue weighted by Crippen LogP contribution is 2.41. The normalized spacial score (nSPS) is 21.9. The van der Waals surface area contributed by atoms with Gasteiger partial charge < -0.3 is 10.4 Å². The zero-order valence-corrected chi connectivity index (χ0v) is 9.18. The number of hydrogen-bond acceptors (Lipinski definition) is 2. The predicted octanol–water partition coefficient (Wildman–Crippen LogP) is 1.45. The van der Waals surface area contributed by atoms with E-state index in [9.17, 15) is 4.79 Å². The molecular formula is C11H21NO2. The van der Waals surface area contributed by atoms with Crippen LogP contribution in [0.5, 0.6) is 0 Å². The standard InChI is InChI=1S/C11H21NO2/c1-3-11(6-4-5-7-11)10(14)12-9(2)8-13/h9,13H,3-8H2,1-2H3,(H,12,14). The second kappa shape index (κ2) is 4.78. The van der Waals surface area contributed by atoms with Crippen molar-refractivity contribution >= 4 is 5.91 Å². The molecule has 1 atom stereocenters. The first-order chi connectivity index (χ1) is 6.64. The fourth-order valence-corrected chi connectivity index (χ4v) is 2.22. The van der Waals surface area contributed by atoms with E-state index >= 15 is 0 Å². The van der Waals surface area contributed by atoms with Gasteiger partial charge >= 0.3 is 0 Å². The van der Waals surface area contributed by atoms with Crippen LogP contribution in [0.15, 0.2) is 0 Å². The molecule has 0 bridgehead atoms. The molecule has 2 N–H and O–H groups in total. The van der Waals surface area contributed by atoms with Gasteiger partial charge in [0.05, 0.1) is 6.61 Å². The molecule has 0 heterocycles. The fraction of sp³-hybridized carbons (Fsp3) is 0.909. The Bertz CT molecular complexity index is 197. The summed E-state index contributed by atoms with van der Waals surface area (Å²) >= 11 is 0. The molecule has 1 aliphatic carbocycles. The number of rotatable bonds is 4. The Morgan fingerprint density at radius 3 is 2.50 bits per heavy atom. The minimum absolute atomic E-state index is 0.0194. The molecule has 3 nitrogen and oxygen atoms in total. The van der Waals surface area contributed by atoms with Crippen LogP contribution in [0.1, 0.15) is 46.0 Å². The van der Waals surface area contributed by atoms with Crippen molar-refractivity contribution in [3.63, 3.8) is 0 Å². The van der Waals surface area contributed by atoms with Crippen LogP contribution in [0.4, 0.5) is 0 Å². The first-order valence-electron chi connectivity index (χ1n) is 5.56. The quantitative estimate of drug-likeness (QED) is 0.720. The Labute approximate surface area is 85.9 Å². The fourth-order valence-electron chi connectivity index (χ4n) is 2.22. The lowest BCUT2D eigenvalue weighted by molar-refractivity contribution is -0.132. The maximum atomic E-state index is 11.9. The predicted molar refractivity (Wildman–Crippen MR) is 55.9 cm³/mol. The molecule has 0 aromatic carbocycles. The largest absolute Gasteiger partial charge is 0.394 e. The van der Waals surface area contributed by atoms with Crippen molar-refractivity contribution < 1.29 is 9.90 Å². The number of aliphatic hydroxyl groups excluding tert-OH is 1. The van der Waals surface area contributed by atoms with Crippen LogP contribution in [-0.2, 0) is 4.79 Å². The van der Waals surface area contributed by atoms with Crippen molar-refractivity contribution in [2.45, 2.75) is 52.0 Å². The molecule has 0 saturated heterocycles. The van der Waals surface area contributed by atoms with Gasteiger partial charge in [-0.2, -0.15) is 0 Å². The van der Waals surface area contributed by atoms with Crippen molar-refractivity contribution in [3.05, 3.63) is 0 Å². The van der Waals surface area contributed by atoms with Crippen molar-refractivity contribution in [1.29, 1.82) is 0 Å². The summed E-state index contributed by atoms with van der Waals surface area (Å²) in [6.45, 7) is 3.93. The van der Waals surface area contributed by atoms with Gasteiger partial charge in [0.1, 0.15) is 0 Å². The number of aliphatic hydroxyl groups is 1. The third kappa shape index (κ3) is 2.27. The summed E-state index contributed by atoms with van der Waals surface area (Å²) in [6.07, 6.45) is 5.25. The lowest BCUT2D eigenvalue weighted by Gasteiger charge is -2.27. The molecule has 0 aromatic heterocycles. The summed E-state index contributed by atoms with van der Waals surface area (Å²) in [5, 5.41) is 11.7. The van der Waals surface area contributed by atoms with Crippen LogP contribution in [0, 0.1) is 5.41 Å². The topological polar surface area (TPSA) is 49.3 Å². The lowest BCUT2D eigenvalue weighted by Crippen LogP contribution is -2.44. The van der Waals surface area contributed by atoms with E-state index in [0.717, 1.165) is 32.1 Å².